The Morgan fingerprint density at radius 3 is 2.50 bits per heavy atom. The van der Waals surface area contributed by atoms with E-state index in [-0.39, 0.29) is 18.1 Å². The van der Waals surface area contributed by atoms with Gasteiger partial charge in [0.25, 0.3) is 5.91 Å². The van der Waals surface area contributed by atoms with Crippen molar-refractivity contribution in [1.82, 2.24) is 19.8 Å². The van der Waals surface area contributed by atoms with E-state index >= 15 is 0 Å². The van der Waals surface area contributed by atoms with Gasteiger partial charge in [-0.25, -0.2) is 0 Å². The Labute approximate surface area is 196 Å². The van der Waals surface area contributed by atoms with E-state index in [0.717, 1.165) is 44.9 Å². The van der Waals surface area contributed by atoms with Gasteiger partial charge in [0.15, 0.2) is 0 Å². The van der Waals surface area contributed by atoms with Crippen LogP contribution in [-0.4, -0.2) is 28.1 Å². The molecule has 1 saturated heterocycles. The number of nitrogens with one attached hydrogen (secondary N) is 2. The minimum atomic E-state index is -0.546. The summed E-state index contributed by atoms with van der Waals surface area (Å²) in [5.74, 6) is 0.268. The third-order valence-electron chi connectivity index (χ3n) is 8.90. The molecule has 6 heteroatoms. The number of para-hydroxylation sites is 2. The van der Waals surface area contributed by atoms with E-state index in [4.69, 9.17) is 4.74 Å². The molecule has 34 heavy (non-hydrogen) atoms. The van der Waals surface area contributed by atoms with E-state index in [0.29, 0.717) is 12.6 Å². The summed E-state index contributed by atoms with van der Waals surface area (Å²) in [5.41, 5.74) is 6.01. The second-order valence-electron chi connectivity index (χ2n) is 10.3. The molecule has 0 saturated carbocycles. The van der Waals surface area contributed by atoms with Gasteiger partial charge in [0, 0.05) is 46.5 Å². The number of nitrogens with zero attached hydrogens (tertiary/aromatic N) is 2. The van der Waals surface area contributed by atoms with Crippen LogP contribution in [0.3, 0.4) is 0 Å². The van der Waals surface area contributed by atoms with Gasteiger partial charge in [-0.05, 0) is 31.7 Å². The van der Waals surface area contributed by atoms with Gasteiger partial charge in [-0.3, -0.25) is 4.79 Å². The molecule has 0 spiro atoms. The Kier molecular flexibility index (Phi) is 3.36. The average Bonchev–Trinajstić information content (AvgIpc) is 3.48. The highest BCUT2D eigenvalue weighted by molar-refractivity contribution is 6.31. The molecule has 0 radical (unpaired) electrons. The summed E-state index contributed by atoms with van der Waals surface area (Å²) in [7, 11) is 2.06. The Balaban J connectivity index is 1.74. The molecule has 3 aliphatic rings. The van der Waals surface area contributed by atoms with Crippen LogP contribution in [-0.2, 0) is 17.0 Å². The molecule has 3 aromatic carbocycles. The standard InChI is InChI=1S/C28H26N4O2/c1-14-18(29-3)12-21-31-19-10-6-4-8-15(19)23-24-17(13-30-27(24)33)22-16-9-5-7-11-20(16)32(26(22)25(23)31)28(14,2)34-21/h4-11,14,18,21,29H,12-13H2,1-3H3,(H,30,33)/t14-,18-,21+,28-/m0/s1. The molecule has 0 aliphatic carbocycles. The average molecular weight is 451 g/mol. The van der Waals surface area contributed by atoms with Gasteiger partial charge in [0.2, 0.25) is 0 Å². The lowest BCUT2D eigenvalue weighted by molar-refractivity contribution is -0.224. The number of fused-ring (bicyclic) bond motifs is 13. The molecular formula is C28H26N4O2. The first-order valence-electron chi connectivity index (χ1n) is 12.2. The summed E-state index contributed by atoms with van der Waals surface area (Å²) in [6, 6.07) is 17.4. The maximum Gasteiger partial charge on any atom is 0.252 e. The molecule has 6 nitrogen and oxygen atoms in total. The fourth-order valence-corrected chi connectivity index (χ4v) is 7.25. The first kappa shape index (κ1) is 19.0. The summed E-state index contributed by atoms with van der Waals surface area (Å²) >= 11 is 0. The van der Waals surface area contributed by atoms with E-state index in [1.54, 1.807) is 0 Å². The summed E-state index contributed by atoms with van der Waals surface area (Å²) in [6.07, 6.45) is 0.736. The largest absolute Gasteiger partial charge is 0.348 e. The number of carbonyl (C=O) groups excluding carboxylic acids is 1. The lowest BCUT2D eigenvalue weighted by atomic mass is 9.85. The Bertz CT molecular complexity index is 1730. The molecular weight excluding hydrogens is 424 g/mol. The molecule has 2 aromatic heterocycles. The quantitative estimate of drug-likeness (QED) is 0.379. The SMILES string of the molecule is CN[C@H]1C[C@H]2O[C@@](C)([C@H]1C)n1c3ccccc3c3c4c(c5c6ccccc6n2c5c31)C(=O)NC4. The van der Waals surface area contributed by atoms with Crippen molar-refractivity contribution in [2.75, 3.05) is 7.05 Å². The molecule has 5 aromatic rings. The predicted molar refractivity (Wildman–Crippen MR) is 134 cm³/mol. The number of ether oxygens (including phenoxy) is 1. The monoisotopic (exact) mass is 450 g/mol. The van der Waals surface area contributed by atoms with E-state index in [1.165, 1.54) is 16.3 Å². The van der Waals surface area contributed by atoms with Gasteiger partial charge in [0.1, 0.15) is 12.0 Å². The van der Waals surface area contributed by atoms with Gasteiger partial charge in [-0.15, -0.1) is 0 Å². The van der Waals surface area contributed by atoms with Crippen molar-refractivity contribution in [2.45, 2.75) is 44.8 Å². The highest BCUT2D eigenvalue weighted by Gasteiger charge is 2.50. The van der Waals surface area contributed by atoms with Crippen LogP contribution in [0.1, 0.15) is 42.4 Å². The second kappa shape index (κ2) is 6.01. The Morgan fingerprint density at radius 2 is 1.74 bits per heavy atom. The molecule has 3 aliphatic heterocycles. The molecule has 5 heterocycles. The molecule has 4 atom stereocenters. The van der Waals surface area contributed by atoms with Crippen molar-refractivity contribution >= 4 is 49.5 Å². The fraction of sp³-hybridized carbons (Fsp3) is 0.321. The normalized spacial score (nSPS) is 27.7. The fourth-order valence-electron chi connectivity index (χ4n) is 7.25. The number of hydrogen-bond acceptors (Lipinski definition) is 3. The van der Waals surface area contributed by atoms with Crippen molar-refractivity contribution in [3.63, 3.8) is 0 Å². The number of rotatable bonds is 1. The Hall–Kier alpha value is -3.35. The smallest absolute Gasteiger partial charge is 0.252 e. The predicted octanol–water partition coefficient (Wildman–Crippen LogP) is 4.98. The van der Waals surface area contributed by atoms with E-state index in [1.807, 2.05) is 0 Å². The third-order valence-corrected chi connectivity index (χ3v) is 8.90. The van der Waals surface area contributed by atoms with Gasteiger partial charge in [0.05, 0.1) is 27.6 Å². The summed E-state index contributed by atoms with van der Waals surface area (Å²) in [4.78, 5) is 13.3. The number of hydrogen-bond donors (Lipinski definition) is 2. The van der Waals surface area contributed by atoms with Crippen LogP contribution in [0.5, 0.6) is 0 Å². The van der Waals surface area contributed by atoms with E-state index in [2.05, 4.69) is 89.2 Å². The van der Waals surface area contributed by atoms with Crippen LogP contribution >= 0.6 is 0 Å². The van der Waals surface area contributed by atoms with Crippen LogP contribution in [0, 0.1) is 5.92 Å². The van der Waals surface area contributed by atoms with Crippen molar-refractivity contribution in [1.29, 1.82) is 0 Å². The molecule has 2 bridgehead atoms. The number of carbonyl (C=O) groups is 1. The maximum atomic E-state index is 13.3. The topological polar surface area (TPSA) is 60.2 Å². The highest BCUT2D eigenvalue weighted by atomic mass is 16.5. The van der Waals surface area contributed by atoms with Crippen molar-refractivity contribution in [3.8, 4) is 0 Å². The summed E-state index contributed by atoms with van der Waals surface area (Å²) in [6.45, 7) is 5.10. The zero-order valence-corrected chi connectivity index (χ0v) is 19.5. The zero-order valence-electron chi connectivity index (χ0n) is 19.5. The first-order valence-corrected chi connectivity index (χ1v) is 12.2. The van der Waals surface area contributed by atoms with Gasteiger partial charge < -0.3 is 24.5 Å². The van der Waals surface area contributed by atoms with Crippen molar-refractivity contribution in [3.05, 3.63) is 59.7 Å². The van der Waals surface area contributed by atoms with Gasteiger partial charge in [-0.2, -0.15) is 0 Å². The van der Waals surface area contributed by atoms with Gasteiger partial charge in [-0.1, -0.05) is 43.3 Å². The molecule has 0 unspecified atom stereocenters. The molecule has 8 rings (SSSR count). The van der Waals surface area contributed by atoms with Gasteiger partial charge >= 0.3 is 0 Å². The second-order valence-corrected chi connectivity index (χ2v) is 10.3. The first-order chi connectivity index (χ1) is 16.5. The van der Waals surface area contributed by atoms with E-state index in [9.17, 15) is 4.79 Å². The number of aromatic nitrogens is 2. The van der Waals surface area contributed by atoms with Crippen LogP contribution in [0.2, 0.25) is 0 Å². The minimum Gasteiger partial charge on any atom is -0.348 e. The minimum absolute atomic E-state index is 0.0254. The Morgan fingerprint density at radius 1 is 1.03 bits per heavy atom. The van der Waals surface area contributed by atoms with Crippen LogP contribution in [0.25, 0.3) is 43.6 Å². The molecule has 170 valence electrons. The molecule has 2 N–H and O–H groups in total. The third kappa shape index (κ3) is 1.93. The van der Waals surface area contributed by atoms with E-state index < -0.39 is 5.72 Å². The van der Waals surface area contributed by atoms with Crippen molar-refractivity contribution in [2.24, 2.45) is 5.92 Å². The summed E-state index contributed by atoms with van der Waals surface area (Å²) < 4.78 is 12.0. The lowest BCUT2D eigenvalue weighted by Gasteiger charge is -2.48. The molecule has 1 amide bonds. The van der Waals surface area contributed by atoms with Crippen molar-refractivity contribution < 1.29 is 9.53 Å². The number of benzene rings is 3. The summed E-state index contributed by atoms with van der Waals surface area (Å²) in [5, 5.41) is 11.3. The lowest BCUT2D eigenvalue weighted by Crippen LogP contribution is -2.54. The highest BCUT2D eigenvalue weighted by Crippen LogP contribution is 2.54. The molecule has 1 fully saturated rings. The van der Waals surface area contributed by atoms with Crippen LogP contribution in [0.15, 0.2) is 48.5 Å². The van der Waals surface area contributed by atoms with Crippen LogP contribution in [0.4, 0.5) is 0 Å². The zero-order chi connectivity index (χ0) is 22.9. The van der Waals surface area contributed by atoms with Crippen LogP contribution < -0.4 is 10.6 Å². The number of amides is 1. The maximum absolute atomic E-state index is 13.3.